The van der Waals surface area contributed by atoms with Gasteiger partial charge in [0.05, 0.1) is 22.5 Å². The third-order valence-corrected chi connectivity index (χ3v) is 6.15. The minimum Gasteiger partial charge on any atom is -0.455 e. The number of furan rings is 1. The van der Waals surface area contributed by atoms with Crippen LogP contribution in [-0.4, -0.2) is 32.4 Å². The minimum atomic E-state index is -0.150. The summed E-state index contributed by atoms with van der Waals surface area (Å²) in [6.45, 7) is 0.455. The fraction of sp³-hybridized carbons (Fsp3) is 0.211. The normalized spacial score (nSPS) is 11.2. The fourth-order valence-electron chi connectivity index (χ4n) is 2.65. The maximum Gasteiger partial charge on any atom is 0.289 e. The van der Waals surface area contributed by atoms with E-state index in [1.165, 1.54) is 0 Å². The molecule has 3 heterocycles. The van der Waals surface area contributed by atoms with Gasteiger partial charge in [0.2, 0.25) is 0 Å². The van der Waals surface area contributed by atoms with Gasteiger partial charge in [0.25, 0.3) is 5.91 Å². The van der Waals surface area contributed by atoms with Crippen molar-refractivity contribution < 1.29 is 9.21 Å². The number of hydrogen-bond donors (Lipinski definition) is 0. The summed E-state index contributed by atoms with van der Waals surface area (Å²) in [7, 11) is 3.71. The molecule has 0 N–H and O–H groups in total. The molecule has 1 aromatic carbocycles. The lowest BCUT2D eigenvalue weighted by molar-refractivity contribution is 0.0752. The van der Waals surface area contributed by atoms with E-state index in [4.69, 9.17) is 4.42 Å². The molecule has 0 saturated heterocycles. The fourth-order valence-corrected chi connectivity index (χ4v) is 4.49. The number of aromatic nitrogens is 3. The van der Waals surface area contributed by atoms with Gasteiger partial charge in [-0.3, -0.25) is 4.79 Å². The highest BCUT2D eigenvalue weighted by atomic mass is 32.2. The summed E-state index contributed by atoms with van der Waals surface area (Å²) in [6, 6.07) is 11.5. The molecule has 6 nitrogen and oxygen atoms in total. The topological polar surface area (TPSA) is 64.2 Å². The van der Waals surface area contributed by atoms with E-state index in [2.05, 4.69) is 9.97 Å². The number of rotatable bonds is 6. The van der Waals surface area contributed by atoms with Crippen LogP contribution < -0.4 is 0 Å². The number of amides is 1. The Balaban J connectivity index is 1.40. The van der Waals surface area contributed by atoms with Crippen LogP contribution in [-0.2, 0) is 19.3 Å². The highest BCUT2D eigenvalue weighted by Gasteiger charge is 2.18. The summed E-state index contributed by atoms with van der Waals surface area (Å²) in [5.41, 5.74) is 0.963. The van der Waals surface area contributed by atoms with Gasteiger partial charge in [-0.05, 0) is 24.3 Å². The third-order valence-electron chi connectivity index (χ3n) is 4.05. The van der Waals surface area contributed by atoms with Gasteiger partial charge in [0.15, 0.2) is 10.9 Å². The smallest absolute Gasteiger partial charge is 0.289 e. The van der Waals surface area contributed by atoms with E-state index in [1.54, 1.807) is 47.3 Å². The highest BCUT2D eigenvalue weighted by molar-refractivity contribution is 7.98. The standard InChI is InChI=1S/C19H18N4O2S2/c1-22-10-9-20-19(22)26-12-13-7-8-15(25-13)18(24)23(2)11-17-21-14-5-3-4-6-16(14)27-17/h3-10H,11-12H2,1-2H3. The van der Waals surface area contributed by atoms with E-state index in [0.29, 0.717) is 18.1 Å². The van der Waals surface area contributed by atoms with E-state index >= 15 is 0 Å². The van der Waals surface area contributed by atoms with Crippen molar-refractivity contribution in [3.05, 3.63) is 65.3 Å². The van der Waals surface area contributed by atoms with Crippen LogP contribution in [0.2, 0.25) is 0 Å². The van der Waals surface area contributed by atoms with Crippen molar-refractivity contribution in [1.82, 2.24) is 19.4 Å². The molecule has 0 aliphatic heterocycles. The molecule has 27 heavy (non-hydrogen) atoms. The lowest BCUT2D eigenvalue weighted by Crippen LogP contribution is -2.25. The molecule has 4 rings (SSSR count). The first-order valence-corrected chi connectivity index (χ1v) is 10.2. The lowest BCUT2D eigenvalue weighted by Gasteiger charge is -2.13. The predicted octanol–water partition coefficient (Wildman–Crippen LogP) is 4.19. The van der Waals surface area contributed by atoms with Gasteiger partial charge in [-0.15, -0.1) is 11.3 Å². The van der Waals surface area contributed by atoms with E-state index < -0.39 is 0 Å². The summed E-state index contributed by atoms with van der Waals surface area (Å²) in [5, 5.41) is 1.82. The van der Waals surface area contributed by atoms with Crippen LogP contribution in [0, 0.1) is 0 Å². The average molecular weight is 399 g/mol. The number of imidazole rings is 1. The molecule has 8 heteroatoms. The predicted molar refractivity (Wildman–Crippen MR) is 107 cm³/mol. The molecule has 0 unspecified atom stereocenters. The van der Waals surface area contributed by atoms with Crippen LogP contribution in [0.5, 0.6) is 0 Å². The summed E-state index contributed by atoms with van der Waals surface area (Å²) in [5.74, 6) is 1.57. The second kappa shape index (κ2) is 7.58. The Morgan fingerprint density at radius 1 is 1.30 bits per heavy atom. The number of fused-ring (bicyclic) bond motifs is 1. The van der Waals surface area contributed by atoms with Gasteiger partial charge >= 0.3 is 0 Å². The number of hydrogen-bond acceptors (Lipinski definition) is 6. The van der Waals surface area contributed by atoms with Crippen molar-refractivity contribution in [3.63, 3.8) is 0 Å². The molecule has 0 fully saturated rings. The number of nitrogens with zero attached hydrogens (tertiary/aromatic N) is 4. The van der Waals surface area contributed by atoms with Crippen LogP contribution in [0.25, 0.3) is 10.2 Å². The first-order valence-electron chi connectivity index (χ1n) is 8.39. The lowest BCUT2D eigenvalue weighted by atomic mass is 10.3. The Kier molecular flexibility index (Phi) is 5.00. The molecule has 0 aliphatic carbocycles. The Hall–Kier alpha value is -2.58. The molecular formula is C19H18N4O2S2. The van der Waals surface area contributed by atoms with Gasteiger partial charge in [0, 0.05) is 26.5 Å². The van der Waals surface area contributed by atoms with Crippen molar-refractivity contribution in [2.45, 2.75) is 17.5 Å². The summed E-state index contributed by atoms with van der Waals surface area (Å²) in [4.78, 5) is 23.1. The van der Waals surface area contributed by atoms with Crippen molar-refractivity contribution in [2.75, 3.05) is 7.05 Å². The zero-order chi connectivity index (χ0) is 18.8. The molecular weight excluding hydrogens is 380 g/mol. The maximum atomic E-state index is 12.7. The average Bonchev–Trinajstić information content (AvgIpc) is 3.38. The van der Waals surface area contributed by atoms with Gasteiger partial charge in [-0.1, -0.05) is 23.9 Å². The summed E-state index contributed by atoms with van der Waals surface area (Å²) >= 11 is 3.17. The third kappa shape index (κ3) is 3.91. The van der Waals surface area contributed by atoms with Gasteiger partial charge in [-0.25, -0.2) is 9.97 Å². The summed E-state index contributed by atoms with van der Waals surface area (Å²) < 4.78 is 8.81. The highest BCUT2D eigenvalue weighted by Crippen LogP contribution is 2.24. The second-order valence-corrected chi connectivity index (χ2v) is 8.17. The van der Waals surface area contributed by atoms with Crippen LogP contribution in [0.1, 0.15) is 21.3 Å². The summed E-state index contributed by atoms with van der Waals surface area (Å²) in [6.07, 6.45) is 3.66. The van der Waals surface area contributed by atoms with Crippen molar-refractivity contribution in [1.29, 1.82) is 0 Å². The molecule has 0 aliphatic rings. The number of para-hydroxylation sites is 1. The number of carbonyl (C=O) groups excluding carboxylic acids is 1. The molecule has 0 bridgehead atoms. The van der Waals surface area contributed by atoms with Gasteiger partial charge in [-0.2, -0.15) is 0 Å². The Bertz CT molecular complexity index is 1050. The van der Waals surface area contributed by atoms with Crippen molar-refractivity contribution in [3.8, 4) is 0 Å². The molecule has 3 aromatic heterocycles. The first-order chi connectivity index (χ1) is 13.1. The number of thioether (sulfide) groups is 1. The zero-order valence-electron chi connectivity index (χ0n) is 15.0. The quantitative estimate of drug-likeness (QED) is 0.456. The number of benzene rings is 1. The van der Waals surface area contributed by atoms with E-state index in [1.807, 2.05) is 48.1 Å². The molecule has 1 amide bonds. The molecule has 138 valence electrons. The van der Waals surface area contributed by atoms with Gasteiger partial charge in [0.1, 0.15) is 10.8 Å². The van der Waals surface area contributed by atoms with Crippen molar-refractivity contribution in [2.24, 2.45) is 7.05 Å². The molecule has 0 atom stereocenters. The van der Waals surface area contributed by atoms with E-state index in [-0.39, 0.29) is 5.91 Å². The second-order valence-electron chi connectivity index (χ2n) is 6.11. The minimum absolute atomic E-state index is 0.150. The molecule has 0 radical (unpaired) electrons. The van der Waals surface area contributed by atoms with Crippen LogP contribution >= 0.6 is 23.1 Å². The van der Waals surface area contributed by atoms with E-state index in [9.17, 15) is 4.79 Å². The largest absolute Gasteiger partial charge is 0.455 e. The zero-order valence-corrected chi connectivity index (χ0v) is 16.6. The molecule has 0 spiro atoms. The van der Waals surface area contributed by atoms with Gasteiger partial charge < -0.3 is 13.9 Å². The number of thiazole rings is 1. The Morgan fingerprint density at radius 3 is 2.93 bits per heavy atom. The SMILES string of the molecule is CN(Cc1nc2ccccc2s1)C(=O)c1ccc(CSc2nccn2C)o1. The first kappa shape index (κ1) is 17.8. The Labute approximate surface area is 164 Å². The molecule has 0 saturated carbocycles. The molecule has 4 aromatic rings. The maximum absolute atomic E-state index is 12.7. The number of aryl methyl sites for hydroxylation is 1. The Morgan fingerprint density at radius 2 is 2.15 bits per heavy atom. The number of carbonyl (C=O) groups is 1. The van der Waals surface area contributed by atoms with E-state index in [0.717, 1.165) is 26.1 Å². The van der Waals surface area contributed by atoms with Crippen LogP contribution in [0.15, 0.2) is 58.4 Å². The van der Waals surface area contributed by atoms with Crippen molar-refractivity contribution >= 4 is 39.2 Å². The van der Waals surface area contributed by atoms with Crippen LogP contribution in [0.4, 0.5) is 0 Å². The monoisotopic (exact) mass is 398 g/mol. The van der Waals surface area contributed by atoms with Crippen LogP contribution in [0.3, 0.4) is 0 Å².